The van der Waals surface area contributed by atoms with Gasteiger partial charge in [0.2, 0.25) is 5.91 Å². The van der Waals surface area contributed by atoms with Crippen LogP contribution in [0.2, 0.25) is 10.0 Å². The molecule has 0 aromatic heterocycles. The van der Waals surface area contributed by atoms with Gasteiger partial charge in [0.05, 0.1) is 15.7 Å². The van der Waals surface area contributed by atoms with Gasteiger partial charge in [0.15, 0.2) is 0 Å². The summed E-state index contributed by atoms with van der Waals surface area (Å²) in [5.41, 5.74) is 0.128. The molecular weight excluding hydrogens is 364 g/mol. The van der Waals surface area contributed by atoms with Gasteiger partial charge in [-0.2, -0.15) is 0 Å². The summed E-state index contributed by atoms with van der Waals surface area (Å²) in [5.74, 6) is -0.321. The Kier molecular flexibility index (Phi) is 4.07. The number of nitrogens with one attached hydrogen (secondary N) is 1. The lowest BCUT2D eigenvalue weighted by atomic mass is 9.94. The fraction of sp³-hybridized carbons (Fsp3) is 0.188. The van der Waals surface area contributed by atoms with Crippen LogP contribution in [0.15, 0.2) is 48.5 Å². The summed E-state index contributed by atoms with van der Waals surface area (Å²) >= 11 is 24.7. The Morgan fingerprint density at radius 2 is 1.50 bits per heavy atom. The Hall–Kier alpha value is -0.930. The van der Waals surface area contributed by atoms with Crippen molar-refractivity contribution in [1.29, 1.82) is 0 Å². The first kappa shape index (κ1) is 15.9. The molecule has 1 N–H and O–H groups in total. The molecule has 0 unspecified atom stereocenters. The van der Waals surface area contributed by atoms with Gasteiger partial charge in [-0.25, -0.2) is 0 Å². The van der Waals surface area contributed by atoms with E-state index in [-0.39, 0.29) is 5.91 Å². The van der Waals surface area contributed by atoms with Crippen molar-refractivity contribution in [2.45, 2.75) is 16.2 Å². The maximum atomic E-state index is 12.8. The lowest BCUT2D eigenvalue weighted by Crippen LogP contribution is -2.32. The Bertz CT molecular complexity index is 712. The van der Waals surface area contributed by atoms with Crippen LogP contribution in [-0.4, -0.2) is 10.2 Å². The van der Waals surface area contributed by atoms with Crippen molar-refractivity contribution >= 4 is 58.0 Å². The van der Waals surface area contributed by atoms with Gasteiger partial charge in [-0.1, -0.05) is 59.6 Å². The molecule has 2 aromatic rings. The number of benzene rings is 2. The molecule has 2 aromatic carbocycles. The van der Waals surface area contributed by atoms with Crippen LogP contribution >= 0.6 is 46.4 Å². The SMILES string of the molecule is O=C(Nc1c(Cl)cccc1Cl)[C@]1(c2ccccc2)CC1(Cl)Cl. The number of anilines is 1. The van der Waals surface area contributed by atoms with Gasteiger partial charge in [0, 0.05) is 6.42 Å². The zero-order valence-corrected chi connectivity index (χ0v) is 14.3. The fourth-order valence-corrected chi connectivity index (χ4v) is 3.82. The van der Waals surface area contributed by atoms with Crippen molar-refractivity contribution in [3.8, 4) is 0 Å². The number of halogens is 4. The Morgan fingerprint density at radius 3 is 2.00 bits per heavy atom. The van der Waals surface area contributed by atoms with E-state index in [9.17, 15) is 4.79 Å². The predicted molar refractivity (Wildman–Crippen MR) is 92.3 cm³/mol. The molecule has 1 aliphatic carbocycles. The van der Waals surface area contributed by atoms with E-state index in [0.717, 1.165) is 5.56 Å². The smallest absolute Gasteiger partial charge is 0.238 e. The topological polar surface area (TPSA) is 29.1 Å². The van der Waals surface area contributed by atoms with E-state index in [1.54, 1.807) is 18.2 Å². The highest BCUT2D eigenvalue weighted by Gasteiger charge is 2.72. The average Bonchev–Trinajstić information content (AvgIpc) is 3.08. The summed E-state index contributed by atoms with van der Waals surface area (Å²) in [7, 11) is 0. The zero-order chi connectivity index (χ0) is 16.0. The normalized spacial score (nSPS) is 22.2. The number of carbonyl (C=O) groups excluding carboxylic acids is 1. The molecule has 1 saturated carbocycles. The number of carbonyl (C=O) groups is 1. The second kappa shape index (κ2) is 5.61. The monoisotopic (exact) mass is 373 g/mol. The van der Waals surface area contributed by atoms with Crippen LogP contribution in [0.5, 0.6) is 0 Å². The third-order valence-electron chi connectivity index (χ3n) is 3.84. The summed E-state index contributed by atoms with van der Waals surface area (Å²) in [5, 5.41) is 3.48. The zero-order valence-electron chi connectivity index (χ0n) is 11.2. The van der Waals surface area contributed by atoms with E-state index >= 15 is 0 Å². The molecule has 0 bridgehead atoms. The van der Waals surface area contributed by atoms with Gasteiger partial charge in [-0.3, -0.25) is 4.79 Å². The molecule has 1 atom stereocenters. The standard InChI is InChI=1S/C16H11Cl4NO/c17-11-7-4-8-12(18)13(11)21-14(22)15(9-16(15,19)20)10-5-2-1-3-6-10/h1-8H,9H2,(H,21,22)/t15-/m1/s1. The maximum absolute atomic E-state index is 12.8. The van der Waals surface area contributed by atoms with Crippen LogP contribution in [0.25, 0.3) is 0 Å². The van der Waals surface area contributed by atoms with Gasteiger partial charge in [0.25, 0.3) is 0 Å². The molecule has 1 aliphatic rings. The van der Waals surface area contributed by atoms with Crippen LogP contribution in [-0.2, 0) is 10.2 Å². The van der Waals surface area contributed by atoms with Gasteiger partial charge in [0.1, 0.15) is 9.75 Å². The molecule has 0 saturated heterocycles. The lowest BCUT2D eigenvalue weighted by molar-refractivity contribution is -0.118. The Balaban J connectivity index is 1.97. The molecule has 22 heavy (non-hydrogen) atoms. The number of alkyl halides is 2. The van der Waals surface area contributed by atoms with E-state index in [1.165, 1.54) is 0 Å². The van der Waals surface area contributed by atoms with Gasteiger partial charge < -0.3 is 5.32 Å². The largest absolute Gasteiger partial charge is 0.323 e. The number of hydrogen-bond donors (Lipinski definition) is 1. The molecule has 3 rings (SSSR count). The highest BCUT2D eigenvalue weighted by molar-refractivity contribution is 6.54. The molecule has 1 amide bonds. The van der Waals surface area contributed by atoms with Crippen LogP contribution in [0.4, 0.5) is 5.69 Å². The van der Waals surface area contributed by atoms with Gasteiger partial charge >= 0.3 is 0 Å². The third-order valence-corrected chi connectivity index (χ3v) is 5.38. The average molecular weight is 375 g/mol. The maximum Gasteiger partial charge on any atom is 0.238 e. The van der Waals surface area contributed by atoms with Gasteiger partial charge in [-0.05, 0) is 17.7 Å². The molecule has 114 valence electrons. The Morgan fingerprint density at radius 1 is 0.955 bits per heavy atom. The molecule has 2 nitrogen and oxygen atoms in total. The van der Waals surface area contributed by atoms with Crippen LogP contribution in [0.1, 0.15) is 12.0 Å². The first-order valence-corrected chi connectivity index (χ1v) is 8.08. The number of amides is 1. The Labute approximate surface area is 148 Å². The summed E-state index contributed by atoms with van der Waals surface area (Å²) < 4.78 is -1.15. The molecule has 6 heteroatoms. The number of hydrogen-bond acceptors (Lipinski definition) is 1. The second-order valence-corrected chi connectivity index (χ2v) is 7.50. The second-order valence-electron chi connectivity index (χ2n) is 5.20. The van der Waals surface area contributed by atoms with E-state index < -0.39 is 9.75 Å². The lowest BCUT2D eigenvalue weighted by Gasteiger charge is -2.19. The molecule has 1 fully saturated rings. The van der Waals surface area contributed by atoms with E-state index in [1.807, 2.05) is 30.3 Å². The van der Waals surface area contributed by atoms with Crippen molar-refractivity contribution in [3.05, 3.63) is 64.1 Å². The minimum atomic E-state index is -1.15. The fourth-order valence-electron chi connectivity index (χ4n) is 2.54. The molecule has 0 aliphatic heterocycles. The van der Waals surface area contributed by atoms with Crippen molar-refractivity contribution < 1.29 is 4.79 Å². The number of para-hydroxylation sites is 1. The summed E-state index contributed by atoms with van der Waals surface area (Å²) in [6, 6.07) is 14.2. The van der Waals surface area contributed by atoms with Crippen LogP contribution in [0.3, 0.4) is 0 Å². The first-order chi connectivity index (χ1) is 10.4. The first-order valence-electron chi connectivity index (χ1n) is 6.57. The highest BCUT2D eigenvalue weighted by atomic mass is 35.5. The van der Waals surface area contributed by atoms with Crippen molar-refractivity contribution in [1.82, 2.24) is 0 Å². The molecule has 0 heterocycles. The van der Waals surface area contributed by atoms with Crippen LogP contribution in [0, 0.1) is 0 Å². The summed E-state index contributed by atoms with van der Waals surface area (Å²) in [6.45, 7) is 0. The summed E-state index contributed by atoms with van der Waals surface area (Å²) in [6.07, 6.45) is 0.334. The third kappa shape index (κ3) is 2.48. The number of rotatable bonds is 3. The van der Waals surface area contributed by atoms with Crippen molar-refractivity contribution in [2.75, 3.05) is 5.32 Å². The molecular formula is C16H11Cl4NO. The molecule has 0 radical (unpaired) electrons. The van der Waals surface area contributed by atoms with E-state index in [2.05, 4.69) is 5.32 Å². The van der Waals surface area contributed by atoms with E-state index in [0.29, 0.717) is 22.2 Å². The highest BCUT2D eigenvalue weighted by Crippen LogP contribution is 2.65. The minimum absolute atomic E-state index is 0.321. The van der Waals surface area contributed by atoms with Crippen molar-refractivity contribution in [2.24, 2.45) is 0 Å². The molecule has 0 spiro atoms. The quantitative estimate of drug-likeness (QED) is 0.711. The minimum Gasteiger partial charge on any atom is -0.323 e. The van der Waals surface area contributed by atoms with Gasteiger partial charge in [-0.15, -0.1) is 23.2 Å². The predicted octanol–water partition coefficient (Wildman–Crippen LogP) is 5.45. The van der Waals surface area contributed by atoms with Crippen LogP contribution < -0.4 is 5.32 Å². The summed E-state index contributed by atoms with van der Waals surface area (Å²) in [4.78, 5) is 12.8. The van der Waals surface area contributed by atoms with E-state index in [4.69, 9.17) is 46.4 Å². The van der Waals surface area contributed by atoms with Crippen molar-refractivity contribution in [3.63, 3.8) is 0 Å².